The molecule has 1 aromatic carbocycles. The minimum atomic E-state index is -0.357. The van der Waals surface area contributed by atoms with Gasteiger partial charge in [-0.3, -0.25) is 4.79 Å². The van der Waals surface area contributed by atoms with Gasteiger partial charge in [0.25, 0.3) is 0 Å². The number of halogens is 2. The van der Waals surface area contributed by atoms with Crippen LogP contribution in [0.5, 0.6) is 0 Å². The fourth-order valence-electron chi connectivity index (χ4n) is 4.03. The van der Waals surface area contributed by atoms with E-state index in [1.165, 1.54) is 12.1 Å². The maximum absolute atomic E-state index is 13.4. The SMILES string of the molecule is COCCC(=O)N[C@@H]1C[C@H](c2ccc(F)cc2Cl)O[C@@H]2CCCC[C@@H]12. The molecular weight excluding hydrogens is 345 g/mol. The molecule has 1 aromatic rings. The van der Waals surface area contributed by atoms with Gasteiger partial charge in [-0.2, -0.15) is 0 Å². The first-order valence-electron chi connectivity index (χ1n) is 8.97. The molecule has 1 N–H and O–H groups in total. The molecule has 1 aliphatic carbocycles. The van der Waals surface area contributed by atoms with Crippen molar-refractivity contribution in [1.82, 2.24) is 5.32 Å². The van der Waals surface area contributed by atoms with Crippen LogP contribution in [0.2, 0.25) is 5.02 Å². The molecule has 1 aliphatic heterocycles. The lowest BCUT2D eigenvalue weighted by atomic mass is 9.76. The largest absolute Gasteiger partial charge is 0.384 e. The molecule has 1 heterocycles. The smallest absolute Gasteiger partial charge is 0.222 e. The number of methoxy groups -OCH3 is 1. The maximum Gasteiger partial charge on any atom is 0.222 e. The Labute approximate surface area is 153 Å². The summed E-state index contributed by atoms with van der Waals surface area (Å²) in [4.78, 5) is 12.2. The second-order valence-electron chi connectivity index (χ2n) is 6.93. The molecule has 0 bridgehead atoms. The summed E-state index contributed by atoms with van der Waals surface area (Å²) in [6.45, 7) is 0.413. The van der Waals surface area contributed by atoms with Crippen molar-refractivity contribution in [3.05, 3.63) is 34.6 Å². The second kappa shape index (κ2) is 8.47. The van der Waals surface area contributed by atoms with Gasteiger partial charge in [-0.1, -0.05) is 30.5 Å². The van der Waals surface area contributed by atoms with Gasteiger partial charge >= 0.3 is 0 Å². The fraction of sp³-hybridized carbons (Fsp3) is 0.632. The molecule has 4 atom stereocenters. The van der Waals surface area contributed by atoms with Gasteiger partial charge in [-0.05, 0) is 37.0 Å². The highest BCUT2D eigenvalue weighted by Gasteiger charge is 2.41. The normalized spacial score (nSPS) is 29.1. The summed E-state index contributed by atoms with van der Waals surface area (Å²) in [6.07, 6.45) is 5.25. The van der Waals surface area contributed by atoms with Gasteiger partial charge in [-0.15, -0.1) is 0 Å². The van der Waals surface area contributed by atoms with E-state index in [0.29, 0.717) is 30.4 Å². The van der Waals surface area contributed by atoms with E-state index in [2.05, 4.69) is 5.32 Å². The molecule has 1 saturated carbocycles. The third-order valence-corrected chi connectivity index (χ3v) is 5.59. The Kier molecular flexibility index (Phi) is 6.31. The Balaban J connectivity index is 1.76. The Morgan fingerprint density at radius 1 is 1.40 bits per heavy atom. The first-order chi connectivity index (χ1) is 12.1. The highest BCUT2D eigenvalue weighted by Crippen LogP contribution is 2.43. The number of amides is 1. The molecule has 0 radical (unpaired) electrons. The van der Waals surface area contributed by atoms with Crippen molar-refractivity contribution in [2.24, 2.45) is 5.92 Å². The van der Waals surface area contributed by atoms with Crippen molar-refractivity contribution < 1.29 is 18.7 Å². The molecule has 0 aromatic heterocycles. The van der Waals surface area contributed by atoms with E-state index in [1.807, 2.05) is 0 Å². The van der Waals surface area contributed by atoms with Gasteiger partial charge in [0.1, 0.15) is 5.82 Å². The van der Waals surface area contributed by atoms with Crippen molar-refractivity contribution >= 4 is 17.5 Å². The molecule has 0 unspecified atom stereocenters. The van der Waals surface area contributed by atoms with Gasteiger partial charge in [0.2, 0.25) is 5.91 Å². The van der Waals surface area contributed by atoms with E-state index < -0.39 is 0 Å². The van der Waals surface area contributed by atoms with Crippen LogP contribution in [0.1, 0.15) is 50.2 Å². The lowest BCUT2D eigenvalue weighted by Crippen LogP contribution is -2.51. The quantitative estimate of drug-likeness (QED) is 0.852. The average molecular weight is 370 g/mol. The monoisotopic (exact) mass is 369 g/mol. The first-order valence-corrected chi connectivity index (χ1v) is 9.35. The zero-order valence-corrected chi connectivity index (χ0v) is 15.2. The summed E-state index contributed by atoms with van der Waals surface area (Å²) in [5.74, 6) is -0.0257. The van der Waals surface area contributed by atoms with Crippen molar-refractivity contribution in [2.45, 2.75) is 56.8 Å². The molecule has 1 saturated heterocycles. The molecule has 6 heteroatoms. The molecule has 3 rings (SSSR count). The van der Waals surface area contributed by atoms with E-state index in [0.717, 1.165) is 31.2 Å². The summed E-state index contributed by atoms with van der Waals surface area (Å²) >= 11 is 6.24. The number of hydrogen-bond donors (Lipinski definition) is 1. The number of hydrogen-bond acceptors (Lipinski definition) is 3. The third kappa shape index (κ3) is 4.52. The Morgan fingerprint density at radius 3 is 2.96 bits per heavy atom. The zero-order chi connectivity index (χ0) is 17.8. The maximum atomic E-state index is 13.4. The number of nitrogens with one attached hydrogen (secondary N) is 1. The van der Waals surface area contributed by atoms with Crippen LogP contribution in [-0.4, -0.2) is 31.8 Å². The lowest BCUT2D eigenvalue weighted by molar-refractivity contribution is -0.133. The molecule has 4 nitrogen and oxygen atoms in total. The fourth-order valence-corrected chi connectivity index (χ4v) is 4.32. The van der Waals surface area contributed by atoms with Crippen molar-refractivity contribution in [3.8, 4) is 0 Å². The Bertz CT molecular complexity index is 612. The van der Waals surface area contributed by atoms with Crippen LogP contribution in [-0.2, 0) is 14.3 Å². The minimum absolute atomic E-state index is 0.00188. The molecule has 138 valence electrons. The van der Waals surface area contributed by atoms with E-state index in [4.69, 9.17) is 21.1 Å². The van der Waals surface area contributed by atoms with E-state index in [9.17, 15) is 9.18 Å². The van der Waals surface area contributed by atoms with Gasteiger partial charge in [-0.25, -0.2) is 4.39 Å². The predicted octanol–water partition coefficient (Wildman–Crippen LogP) is 4.02. The van der Waals surface area contributed by atoms with Crippen LogP contribution in [0.15, 0.2) is 18.2 Å². The standard InChI is InChI=1S/C19H25ClFNO3/c1-24-9-8-19(23)22-16-11-18(13-7-6-12(21)10-15(13)20)25-17-5-3-2-4-14(16)17/h6-7,10,14,16-18H,2-5,8-9,11H2,1H3,(H,22,23)/t14-,16+,17+,18+/m0/s1. The van der Waals surface area contributed by atoms with E-state index in [-0.39, 0.29) is 30.0 Å². The van der Waals surface area contributed by atoms with Gasteiger partial charge in [0.05, 0.1) is 18.8 Å². The third-order valence-electron chi connectivity index (χ3n) is 5.27. The summed E-state index contributed by atoms with van der Waals surface area (Å²) in [5, 5.41) is 3.55. The van der Waals surface area contributed by atoms with Gasteiger partial charge in [0, 0.05) is 30.5 Å². The highest BCUT2D eigenvalue weighted by atomic mass is 35.5. The van der Waals surface area contributed by atoms with Crippen molar-refractivity contribution in [3.63, 3.8) is 0 Å². The van der Waals surface area contributed by atoms with Gasteiger partial charge < -0.3 is 14.8 Å². The number of carbonyl (C=O) groups is 1. The topological polar surface area (TPSA) is 47.6 Å². The number of benzene rings is 1. The number of carbonyl (C=O) groups excluding carboxylic acids is 1. The van der Waals surface area contributed by atoms with E-state index >= 15 is 0 Å². The Morgan fingerprint density at radius 2 is 2.20 bits per heavy atom. The van der Waals surface area contributed by atoms with Crippen molar-refractivity contribution in [1.29, 1.82) is 0 Å². The van der Waals surface area contributed by atoms with Crippen LogP contribution >= 0.6 is 11.6 Å². The molecule has 0 spiro atoms. The molecule has 25 heavy (non-hydrogen) atoms. The zero-order valence-electron chi connectivity index (χ0n) is 14.5. The summed E-state index contributed by atoms with van der Waals surface area (Å²) in [7, 11) is 1.59. The van der Waals surface area contributed by atoms with Crippen LogP contribution in [0.25, 0.3) is 0 Å². The first kappa shape index (κ1) is 18.6. The van der Waals surface area contributed by atoms with Crippen LogP contribution < -0.4 is 5.32 Å². The number of ether oxygens (including phenoxy) is 2. The minimum Gasteiger partial charge on any atom is -0.384 e. The molecule has 1 amide bonds. The van der Waals surface area contributed by atoms with Gasteiger partial charge in [0.15, 0.2) is 0 Å². The van der Waals surface area contributed by atoms with Crippen LogP contribution in [0, 0.1) is 11.7 Å². The van der Waals surface area contributed by atoms with Crippen LogP contribution in [0.4, 0.5) is 4.39 Å². The Hall–Kier alpha value is -1.17. The second-order valence-corrected chi connectivity index (χ2v) is 7.34. The summed E-state index contributed by atoms with van der Waals surface area (Å²) < 4.78 is 24.7. The summed E-state index contributed by atoms with van der Waals surface area (Å²) in [5.41, 5.74) is 0.795. The predicted molar refractivity (Wildman–Crippen MR) is 94.0 cm³/mol. The van der Waals surface area contributed by atoms with Crippen LogP contribution in [0.3, 0.4) is 0 Å². The number of fused-ring (bicyclic) bond motifs is 1. The summed E-state index contributed by atoms with van der Waals surface area (Å²) in [6, 6.07) is 4.47. The number of rotatable bonds is 5. The highest BCUT2D eigenvalue weighted by molar-refractivity contribution is 6.31. The molecule has 2 fully saturated rings. The average Bonchev–Trinajstić information content (AvgIpc) is 2.60. The van der Waals surface area contributed by atoms with E-state index in [1.54, 1.807) is 13.2 Å². The lowest BCUT2D eigenvalue weighted by Gasteiger charge is -2.45. The molecular formula is C19H25ClFNO3. The molecule has 2 aliphatic rings. The van der Waals surface area contributed by atoms with Crippen molar-refractivity contribution in [2.75, 3.05) is 13.7 Å².